The van der Waals surface area contributed by atoms with E-state index in [-0.39, 0.29) is 19.0 Å². The Kier molecular flexibility index (Phi) is 6.96. The minimum Gasteiger partial charge on any atom is -0.307 e. The van der Waals surface area contributed by atoms with Crippen LogP contribution in [0.15, 0.2) is 18.5 Å². The van der Waals surface area contributed by atoms with Crippen LogP contribution in [0.4, 0.5) is 8.78 Å². The van der Waals surface area contributed by atoms with Gasteiger partial charge in [0, 0.05) is 37.1 Å². The summed E-state index contributed by atoms with van der Waals surface area (Å²) in [5.74, 6) is 0. The summed E-state index contributed by atoms with van der Waals surface area (Å²) in [6.07, 6.45) is 1.23. The minimum atomic E-state index is -2.38. The van der Waals surface area contributed by atoms with E-state index in [4.69, 9.17) is 0 Å². The highest BCUT2D eigenvalue weighted by atomic mass is 35.5. The number of aryl methyl sites for hydroxylation is 1. The number of nitrogens with one attached hydrogen (secondary N) is 1. The highest BCUT2D eigenvalue weighted by Crippen LogP contribution is 2.10. The van der Waals surface area contributed by atoms with Crippen molar-refractivity contribution in [3.63, 3.8) is 0 Å². The Balaban J connectivity index is 0.00000242. The lowest BCUT2D eigenvalue weighted by atomic mass is 10.2. The molecule has 0 bridgehead atoms. The molecule has 0 radical (unpaired) electrons. The van der Waals surface area contributed by atoms with Crippen LogP contribution in [0.1, 0.15) is 36.8 Å². The molecule has 0 atom stereocenters. The number of rotatable bonds is 7. The molecule has 0 fully saturated rings. The fraction of sp³-hybridized carbons (Fsp3) is 0.571. The molecular formula is C14H22ClF2N5. The van der Waals surface area contributed by atoms with Crippen LogP contribution in [-0.2, 0) is 19.6 Å². The minimum absolute atomic E-state index is 0. The van der Waals surface area contributed by atoms with Gasteiger partial charge >= 0.3 is 0 Å². The second-order valence-corrected chi connectivity index (χ2v) is 5.34. The first-order chi connectivity index (χ1) is 9.95. The van der Waals surface area contributed by atoms with Crippen molar-refractivity contribution in [3.05, 3.63) is 35.4 Å². The van der Waals surface area contributed by atoms with Crippen LogP contribution in [0.3, 0.4) is 0 Å². The highest BCUT2D eigenvalue weighted by molar-refractivity contribution is 5.85. The Labute approximate surface area is 135 Å². The quantitative estimate of drug-likeness (QED) is 0.847. The average molecular weight is 334 g/mol. The average Bonchev–Trinajstić information content (AvgIpc) is 2.97. The van der Waals surface area contributed by atoms with Gasteiger partial charge in [-0.2, -0.15) is 10.2 Å². The number of hydrogen-bond acceptors (Lipinski definition) is 3. The molecule has 5 nitrogen and oxygen atoms in total. The first-order valence-corrected chi connectivity index (χ1v) is 7.01. The SMILES string of the molecule is Cc1nn(C(C)C)cc1CNCc1ccn(CC(F)F)n1.Cl. The molecule has 1 N–H and O–H groups in total. The topological polar surface area (TPSA) is 47.7 Å². The van der Waals surface area contributed by atoms with Crippen LogP contribution in [0.25, 0.3) is 0 Å². The van der Waals surface area contributed by atoms with E-state index >= 15 is 0 Å². The fourth-order valence-electron chi connectivity index (χ4n) is 2.02. The molecule has 0 spiro atoms. The maximum Gasteiger partial charge on any atom is 0.257 e. The van der Waals surface area contributed by atoms with Gasteiger partial charge in [0.15, 0.2) is 0 Å². The lowest BCUT2D eigenvalue weighted by molar-refractivity contribution is 0.121. The Hall–Kier alpha value is -1.47. The van der Waals surface area contributed by atoms with Gasteiger partial charge in [0.1, 0.15) is 6.54 Å². The van der Waals surface area contributed by atoms with Gasteiger partial charge in [-0.15, -0.1) is 12.4 Å². The van der Waals surface area contributed by atoms with Gasteiger partial charge in [0.25, 0.3) is 6.43 Å². The Morgan fingerprint density at radius 2 is 1.95 bits per heavy atom. The Morgan fingerprint density at radius 3 is 2.55 bits per heavy atom. The number of nitrogens with zero attached hydrogens (tertiary/aromatic N) is 4. The second-order valence-electron chi connectivity index (χ2n) is 5.34. The summed E-state index contributed by atoms with van der Waals surface area (Å²) < 4.78 is 27.7. The molecule has 2 aromatic rings. The molecule has 2 aromatic heterocycles. The van der Waals surface area contributed by atoms with Gasteiger partial charge < -0.3 is 5.32 Å². The molecule has 2 heterocycles. The zero-order valence-corrected chi connectivity index (χ0v) is 13.8. The first-order valence-electron chi connectivity index (χ1n) is 7.01. The third kappa shape index (κ3) is 5.06. The van der Waals surface area contributed by atoms with Crippen LogP contribution in [-0.4, -0.2) is 26.0 Å². The lowest BCUT2D eigenvalue weighted by Gasteiger charge is -2.03. The predicted molar refractivity (Wildman–Crippen MR) is 83.4 cm³/mol. The van der Waals surface area contributed by atoms with Crippen molar-refractivity contribution in [1.29, 1.82) is 0 Å². The summed E-state index contributed by atoms with van der Waals surface area (Å²) >= 11 is 0. The predicted octanol–water partition coefficient (Wildman–Crippen LogP) is 2.95. The zero-order chi connectivity index (χ0) is 15.4. The molecular weight excluding hydrogens is 312 g/mol. The molecule has 0 aliphatic rings. The molecule has 124 valence electrons. The molecule has 0 aliphatic carbocycles. The first kappa shape index (κ1) is 18.6. The molecule has 0 aliphatic heterocycles. The van der Waals surface area contributed by atoms with Gasteiger partial charge in [0.05, 0.1) is 11.4 Å². The van der Waals surface area contributed by atoms with E-state index < -0.39 is 6.43 Å². The van der Waals surface area contributed by atoms with Crippen LogP contribution < -0.4 is 5.32 Å². The number of hydrogen-bond donors (Lipinski definition) is 1. The number of halogens is 3. The van der Waals surface area contributed by atoms with E-state index in [2.05, 4.69) is 29.4 Å². The molecule has 0 saturated heterocycles. The molecule has 0 saturated carbocycles. The van der Waals surface area contributed by atoms with E-state index in [1.807, 2.05) is 17.8 Å². The lowest BCUT2D eigenvalue weighted by Crippen LogP contribution is -2.14. The summed E-state index contributed by atoms with van der Waals surface area (Å²) in [6.45, 7) is 7.01. The second kappa shape index (κ2) is 8.24. The molecule has 0 aromatic carbocycles. The number of alkyl halides is 2. The van der Waals surface area contributed by atoms with Crippen molar-refractivity contribution < 1.29 is 8.78 Å². The molecule has 8 heteroatoms. The standard InChI is InChI=1S/C14H21F2N5.ClH/c1-10(2)21-8-12(11(3)18-21)6-17-7-13-4-5-20(19-13)9-14(15)16;/h4-5,8,10,14,17H,6-7,9H2,1-3H3;1H. The van der Waals surface area contributed by atoms with Crippen molar-refractivity contribution in [2.75, 3.05) is 0 Å². The zero-order valence-electron chi connectivity index (χ0n) is 13.0. The van der Waals surface area contributed by atoms with Crippen LogP contribution in [0.2, 0.25) is 0 Å². The van der Waals surface area contributed by atoms with Crippen molar-refractivity contribution in [3.8, 4) is 0 Å². The molecule has 2 rings (SSSR count). The number of aromatic nitrogens is 4. The van der Waals surface area contributed by atoms with Crippen LogP contribution in [0, 0.1) is 6.92 Å². The maximum absolute atomic E-state index is 12.2. The third-order valence-electron chi connectivity index (χ3n) is 3.19. The van der Waals surface area contributed by atoms with Crippen molar-refractivity contribution >= 4 is 12.4 Å². The van der Waals surface area contributed by atoms with Gasteiger partial charge in [-0.1, -0.05) is 0 Å². The van der Waals surface area contributed by atoms with E-state index in [1.165, 1.54) is 4.68 Å². The molecule has 22 heavy (non-hydrogen) atoms. The largest absolute Gasteiger partial charge is 0.307 e. The van der Waals surface area contributed by atoms with E-state index in [9.17, 15) is 8.78 Å². The van der Waals surface area contributed by atoms with Crippen LogP contribution >= 0.6 is 12.4 Å². The fourth-order valence-corrected chi connectivity index (χ4v) is 2.02. The monoisotopic (exact) mass is 333 g/mol. The smallest absolute Gasteiger partial charge is 0.257 e. The highest BCUT2D eigenvalue weighted by Gasteiger charge is 2.08. The molecule has 0 amide bonds. The van der Waals surface area contributed by atoms with Crippen molar-refractivity contribution in [2.24, 2.45) is 0 Å². The summed E-state index contributed by atoms with van der Waals surface area (Å²) in [6, 6.07) is 2.09. The summed E-state index contributed by atoms with van der Waals surface area (Å²) in [7, 11) is 0. The summed E-state index contributed by atoms with van der Waals surface area (Å²) in [5, 5.41) is 11.8. The van der Waals surface area contributed by atoms with Crippen molar-refractivity contribution in [2.45, 2.75) is 52.9 Å². The van der Waals surface area contributed by atoms with Crippen molar-refractivity contribution in [1.82, 2.24) is 24.9 Å². The van der Waals surface area contributed by atoms with E-state index in [0.717, 1.165) is 17.0 Å². The molecule has 0 unspecified atom stereocenters. The maximum atomic E-state index is 12.2. The summed E-state index contributed by atoms with van der Waals surface area (Å²) in [4.78, 5) is 0. The van der Waals surface area contributed by atoms with Gasteiger partial charge in [-0.05, 0) is 26.8 Å². The van der Waals surface area contributed by atoms with Gasteiger partial charge in [0.2, 0.25) is 0 Å². The normalized spacial score (nSPS) is 11.2. The van der Waals surface area contributed by atoms with Crippen LogP contribution in [0.5, 0.6) is 0 Å². The Morgan fingerprint density at radius 1 is 1.23 bits per heavy atom. The van der Waals surface area contributed by atoms with Gasteiger partial charge in [-0.25, -0.2) is 8.78 Å². The van der Waals surface area contributed by atoms with Gasteiger partial charge in [-0.3, -0.25) is 9.36 Å². The van der Waals surface area contributed by atoms with E-state index in [0.29, 0.717) is 19.1 Å². The van der Waals surface area contributed by atoms with E-state index in [1.54, 1.807) is 12.3 Å². The Bertz CT molecular complexity index is 580. The third-order valence-corrected chi connectivity index (χ3v) is 3.19. The summed E-state index contributed by atoms with van der Waals surface area (Å²) in [5.41, 5.74) is 2.89.